The standard InChI is InChI=1S/C12H9N3S2/c1-16-10-3-2-4-11(9(10)7-13)17-12-5-6-14-8-15-12/h2-6,8H,1H3. The maximum absolute atomic E-state index is 9.20. The Bertz CT molecular complexity index is 549. The van der Waals surface area contributed by atoms with Crippen molar-refractivity contribution < 1.29 is 0 Å². The first kappa shape index (κ1) is 12.0. The van der Waals surface area contributed by atoms with Crippen molar-refractivity contribution in [3.8, 4) is 6.07 Å². The van der Waals surface area contributed by atoms with E-state index in [0.717, 1.165) is 14.8 Å². The Morgan fingerprint density at radius 3 is 2.71 bits per heavy atom. The van der Waals surface area contributed by atoms with E-state index < -0.39 is 0 Å². The highest BCUT2D eigenvalue weighted by Gasteiger charge is 2.08. The van der Waals surface area contributed by atoms with Gasteiger partial charge in [-0.1, -0.05) is 17.8 Å². The predicted molar refractivity (Wildman–Crippen MR) is 69.1 cm³/mol. The van der Waals surface area contributed by atoms with E-state index in [1.165, 1.54) is 18.1 Å². The Morgan fingerprint density at radius 2 is 2.06 bits per heavy atom. The number of aromatic nitrogens is 2. The molecule has 1 aromatic heterocycles. The van der Waals surface area contributed by atoms with Gasteiger partial charge in [0, 0.05) is 16.0 Å². The van der Waals surface area contributed by atoms with Gasteiger partial charge < -0.3 is 0 Å². The molecule has 0 aliphatic carbocycles. The molecule has 0 fully saturated rings. The van der Waals surface area contributed by atoms with Crippen LogP contribution in [0.25, 0.3) is 0 Å². The molecule has 0 unspecified atom stereocenters. The zero-order valence-electron chi connectivity index (χ0n) is 9.12. The topological polar surface area (TPSA) is 49.6 Å². The lowest BCUT2D eigenvalue weighted by molar-refractivity contribution is 1.04. The summed E-state index contributed by atoms with van der Waals surface area (Å²) in [6, 6.07) is 9.92. The number of hydrogen-bond acceptors (Lipinski definition) is 5. The summed E-state index contributed by atoms with van der Waals surface area (Å²) in [5.74, 6) is 0. The fourth-order valence-electron chi connectivity index (χ4n) is 1.33. The smallest absolute Gasteiger partial charge is 0.116 e. The average Bonchev–Trinajstić information content (AvgIpc) is 2.39. The molecule has 84 valence electrons. The van der Waals surface area contributed by atoms with Crippen LogP contribution in [0.1, 0.15) is 5.56 Å². The zero-order chi connectivity index (χ0) is 12.1. The summed E-state index contributed by atoms with van der Waals surface area (Å²) in [6.45, 7) is 0. The fourth-order valence-corrected chi connectivity index (χ4v) is 2.83. The highest BCUT2D eigenvalue weighted by atomic mass is 32.2. The summed E-state index contributed by atoms with van der Waals surface area (Å²) < 4.78 is 0. The molecule has 0 amide bonds. The van der Waals surface area contributed by atoms with Gasteiger partial charge in [-0.05, 0) is 24.5 Å². The van der Waals surface area contributed by atoms with Crippen molar-refractivity contribution in [3.63, 3.8) is 0 Å². The summed E-state index contributed by atoms with van der Waals surface area (Å²) in [4.78, 5) is 9.93. The van der Waals surface area contributed by atoms with E-state index in [9.17, 15) is 5.26 Å². The van der Waals surface area contributed by atoms with E-state index in [4.69, 9.17) is 0 Å². The van der Waals surface area contributed by atoms with Gasteiger partial charge >= 0.3 is 0 Å². The minimum absolute atomic E-state index is 0.712. The molecule has 0 aliphatic heterocycles. The van der Waals surface area contributed by atoms with Crippen LogP contribution in [0.2, 0.25) is 0 Å². The molecule has 3 nitrogen and oxygen atoms in total. The molecule has 2 rings (SSSR count). The van der Waals surface area contributed by atoms with Crippen LogP contribution in [0.4, 0.5) is 0 Å². The van der Waals surface area contributed by atoms with Gasteiger partial charge in [0.05, 0.1) is 5.56 Å². The van der Waals surface area contributed by atoms with Gasteiger partial charge in [0.15, 0.2) is 0 Å². The van der Waals surface area contributed by atoms with Crippen molar-refractivity contribution >= 4 is 23.5 Å². The number of hydrogen-bond donors (Lipinski definition) is 0. The molecule has 0 aliphatic rings. The molecule has 0 bridgehead atoms. The van der Waals surface area contributed by atoms with Crippen molar-refractivity contribution in [2.45, 2.75) is 14.8 Å². The molecule has 1 heterocycles. The largest absolute Gasteiger partial charge is 0.245 e. The molecular formula is C12H9N3S2. The number of rotatable bonds is 3. The summed E-state index contributed by atoms with van der Waals surface area (Å²) in [6.07, 6.45) is 5.17. The van der Waals surface area contributed by atoms with Crippen LogP contribution in [0.15, 0.2) is 51.6 Å². The third kappa shape index (κ3) is 2.78. The lowest BCUT2D eigenvalue weighted by Crippen LogP contribution is -1.86. The van der Waals surface area contributed by atoms with Crippen LogP contribution in [-0.4, -0.2) is 16.2 Å². The summed E-state index contributed by atoms with van der Waals surface area (Å²) in [7, 11) is 0. The Labute approximate surface area is 108 Å². The van der Waals surface area contributed by atoms with Crippen molar-refractivity contribution in [1.29, 1.82) is 5.26 Å². The van der Waals surface area contributed by atoms with Gasteiger partial charge in [0.25, 0.3) is 0 Å². The lowest BCUT2D eigenvalue weighted by atomic mass is 10.2. The van der Waals surface area contributed by atoms with Crippen LogP contribution >= 0.6 is 23.5 Å². The predicted octanol–water partition coefficient (Wildman–Crippen LogP) is 3.22. The second-order valence-corrected chi connectivity index (χ2v) is 5.01. The van der Waals surface area contributed by atoms with E-state index in [1.54, 1.807) is 18.0 Å². The third-order valence-corrected chi connectivity index (χ3v) is 3.88. The summed E-state index contributed by atoms with van der Waals surface area (Å²) in [5, 5.41) is 10.0. The maximum Gasteiger partial charge on any atom is 0.116 e. The van der Waals surface area contributed by atoms with Crippen LogP contribution in [0, 0.1) is 11.3 Å². The molecule has 5 heteroatoms. The second kappa shape index (κ2) is 5.71. The molecule has 1 aromatic carbocycles. The minimum atomic E-state index is 0.712. The Balaban J connectivity index is 2.37. The molecule has 0 spiro atoms. The molecule has 0 N–H and O–H groups in total. The molecule has 0 saturated heterocycles. The Kier molecular flexibility index (Phi) is 4.02. The third-order valence-electron chi connectivity index (χ3n) is 2.09. The molecular weight excluding hydrogens is 250 g/mol. The van der Waals surface area contributed by atoms with Gasteiger partial charge in [0.2, 0.25) is 0 Å². The van der Waals surface area contributed by atoms with E-state index in [-0.39, 0.29) is 0 Å². The SMILES string of the molecule is CSc1cccc(Sc2ccncn2)c1C#N. The van der Waals surface area contributed by atoms with Crippen LogP contribution < -0.4 is 0 Å². The van der Waals surface area contributed by atoms with Crippen LogP contribution in [0.3, 0.4) is 0 Å². The molecule has 0 atom stereocenters. The van der Waals surface area contributed by atoms with Gasteiger partial charge in [-0.2, -0.15) is 5.26 Å². The second-order valence-electron chi connectivity index (χ2n) is 3.09. The number of nitriles is 1. The van der Waals surface area contributed by atoms with E-state index >= 15 is 0 Å². The first-order valence-corrected chi connectivity index (χ1v) is 6.90. The maximum atomic E-state index is 9.20. The van der Waals surface area contributed by atoms with Crippen LogP contribution in [0.5, 0.6) is 0 Å². The average molecular weight is 259 g/mol. The molecule has 0 radical (unpaired) electrons. The number of benzene rings is 1. The van der Waals surface area contributed by atoms with E-state index in [0.29, 0.717) is 5.56 Å². The highest BCUT2D eigenvalue weighted by molar-refractivity contribution is 7.99. The van der Waals surface area contributed by atoms with Crippen molar-refractivity contribution in [2.75, 3.05) is 6.26 Å². The zero-order valence-corrected chi connectivity index (χ0v) is 10.8. The fraction of sp³-hybridized carbons (Fsp3) is 0.0833. The normalized spacial score (nSPS) is 9.88. The van der Waals surface area contributed by atoms with Crippen LogP contribution in [-0.2, 0) is 0 Å². The number of thioether (sulfide) groups is 1. The van der Waals surface area contributed by atoms with Crippen molar-refractivity contribution in [1.82, 2.24) is 9.97 Å². The molecule has 17 heavy (non-hydrogen) atoms. The Hall–Kier alpha value is -1.51. The quantitative estimate of drug-likeness (QED) is 0.625. The summed E-state index contributed by atoms with van der Waals surface area (Å²) in [5.41, 5.74) is 0.712. The van der Waals surface area contributed by atoms with Gasteiger partial charge in [-0.3, -0.25) is 0 Å². The Morgan fingerprint density at radius 1 is 1.24 bits per heavy atom. The van der Waals surface area contributed by atoms with Crippen molar-refractivity contribution in [2.24, 2.45) is 0 Å². The van der Waals surface area contributed by atoms with Gasteiger partial charge in [0.1, 0.15) is 17.4 Å². The lowest BCUT2D eigenvalue weighted by Gasteiger charge is -2.06. The number of nitrogens with zero attached hydrogens (tertiary/aromatic N) is 3. The minimum Gasteiger partial charge on any atom is -0.245 e. The summed E-state index contributed by atoms with van der Waals surface area (Å²) >= 11 is 3.06. The van der Waals surface area contributed by atoms with Gasteiger partial charge in [-0.25, -0.2) is 9.97 Å². The van der Waals surface area contributed by atoms with Crippen molar-refractivity contribution in [3.05, 3.63) is 42.4 Å². The first-order valence-electron chi connectivity index (χ1n) is 4.86. The molecule has 0 saturated carbocycles. The highest BCUT2D eigenvalue weighted by Crippen LogP contribution is 2.33. The monoisotopic (exact) mass is 259 g/mol. The first-order chi connectivity index (χ1) is 8.35. The van der Waals surface area contributed by atoms with E-state index in [2.05, 4.69) is 16.0 Å². The van der Waals surface area contributed by atoms with Gasteiger partial charge in [-0.15, -0.1) is 11.8 Å². The molecule has 2 aromatic rings. The van der Waals surface area contributed by atoms with E-state index in [1.807, 2.05) is 30.5 Å².